The fourth-order valence-corrected chi connectivity index (χ4v) is 3.02. The lowest BCUT2D eigenvalue weighted by Gasteiger charge is -2.50. The van der Waals surface area contributed by atoms with Crippen LogP contribution in [0.1, 0.15) is 38.5 Å². The first-order chi connectivity index (χ1) is 8.36. The standard InChI is InChI=1S/C12H18F3NO2/c13-11(14,15)7-16-12(10(17)18,8-3-1-4-8)9-5-2-6-9/h8-9,16H,1-7H2,(H,17,18). The summed E-state index contributed by atoms with van der Waals surface area (Å²) in [6.45, 7) is -1.22. The smallest absolute Gasteiger partial charge is 0.401 e. The maximum atomic E-state index is 12.4. The van der Waals surface area contributed by atoms with Gasteiger partial charge in [-0.15, -0.1) is 0 Å². The number of aliphatic carboxylic acids is 1. The van der Waals surface area contributed by atoms with E-state index in [9.17, 15) is 23.1 Å². The molecule has 0 spiro atoms. The number of hydrogen-bond donors (Lipinski definition) is 2. The highest BCUT2D eigenvalue weighted by Crippen LogP contribution is 2.47. The molecule has 2 aliphatic carbocycles. The third-order valence-corrected chi connectivity index (χ3v) is 4.43. The molecule has 104 valence electrons. The Balaban J connectivity index is 2.15. The van der Waals surface area contributed by atoms with Gasteiger partial charge in [-0.25, -0.2) is 0 Å². The molecule has 18 heavy (non-hydrogen) atoms. The number of alkyl halides is 3. The minimum atomic E-state index is -4.37. The van der Waals surface area contributed by atoms with Gasteiger partial charge in [-0.05, 0) is 37.5 Å². The second kappa shape index (κ2) is 4.72. The van der Waals surface area contributed by atoms with E-state index < -0.39 is 24.2 Å². The van der Waals surface area contributed by atoms with Gasteiger partial charge in [0.05, 0.1) is 6.54 Å². The van der Waals surface area contributed by atoms with Crippen molar-refractivity contribution in [3.05, 3.63) is 0 Å². The maximum absolute atomic E-state index is 12.4. The highest BCUT2D eigenvalue weighted by atomic mass is 19.4. The molecule has 0 unspecified atom stereocenters. The van der Waals surface area contributed by atoms with Crippen molar-refractivity contribution in [2.75, 3.05) is 6.54 Å². The number of carboxylic acids is 1. The Morgan fingerprint density at radius 1 is 1.11 bits per heavy atom. The number of hydrogen-bond acceptors (Lipinski definition) is 2. The molecule has 2 aliphatic rings. The summed E-state index contributed by atoms with van der Waals surface area (Å²) in [5.41, 5.74) is -1.36. The molecule has 0 atom stereocenters. The number of carboxylic acid groups (broad SMARTS) is 1. The largest absolute Gasteiger partial charge is 0.480 e. The summed E-state index contributed by atoms with van der Waals surface area (Å²) >= 11 is 0. The zero-order valence-corrected chi connectivity index (χ0v) is 10.1. The molecular formula is C12H18F3NO2. The SMILES string of the molecule is O=C(O)C(NCC(F)(F)F)(C1CCC1)C1CCC1. The molecule has 0 aliphatic heterocycles. The zero-order chi connectivity index (χ0) is 13.4. The molecular weight excluding hydrogens is 247 g/mol. The van der Waals surface area contributed by atoms with Crippen LogP contribution in [0.3, 0.4) is 0 Å². The fraction of sp³-hybridized carbons (Fsp3) is 0.917. The van der Waals surface area contributed by atoms with E-state index in [1.807, 2.05) is 0 Å². The first-order valence-corrected chi connectivity index (χ1v) is 6.41. The quantitative estimate of drug-likeness (QED) is 0.803. The van der Waals surface area contributed by atoms with Crippen LogP contribution < -0.4 is 5.32 Å². The molecule has 0 saturated heterocycles. The van der Waals surface area contributed by atoms with Crippen molar-refractivity contribution >= 4 is 5.97 Å². The van der Waals surface area contributed by atoms with Gasteiger partial charge in [0.2, 0.25) is 0 Å². The second-order valence-corrected chi connectivity index (χ2v) is 5.40. The molecule has 2 N–H and O–H groups in total. The summed E-state index contributed by atoms with van der Waals surface area (Å²) < 4.78 is 37.1. The molecule has 0 aromatic rings. The average molecular weight is 265 g/mol. The highest BCUT2D eigenvalue weighted by Gasteiger charge is 2.55. The van der Waals surface area contributed by atoms with E-state index in [4.69, 9.17) is 0 Å². The average Bonchev–Trinajstić information content (AvgIpc) is 2.06. The van der Waals surface area contributed by atoms with Gasteiger partial charge in [-0.2, -0.15) is 13.2 Å². The van der Waals surface area contributed by atoms with Gasteiger partial charge >= 0.3 is 12.1 Å². The first-order valence-electron chi connectivity index (χ1n) is 6.41. The van der Waals surface area contributed by atoms with Crippen LogP contribution in [-0.4, -0.2) is 29.3 Å². The summed E-state index contributed by atoms with van der Waals surface area (Å²) in [6, 6.07) is 0. The van der Waals surface area contributed by atoms with Gasteiger partial charge in [0, 0.05) is 0 Å². The van der Waals surface area contributed by atoms with Crippen molar-refractivity contribution < 1.29 is 23.1 Å². The number of nitrogens with one attached hydrogen (secondary N) is 1. The predicted octanol–water partition coefficient (Wildman–Crippen LogP) is 2.56. The summed E-state index contributed by atoms with van der Waals surface area (Å²) in [7, 11) is 0. The van der Waals surface area contributed by atoms with Gasteiger partial charge in [-0.1, -0.05) is 12.8 Å². The summed E-state index contributed by atoms with van der Waals surface area (Å²) in [6.07, 6.45) is 0.330. The Kier molecular flexibility index (Phi) is 3.58. The van der Waals surface area contributed by atoms with Crippen molar-refractivity contribution in [1.29, 1.82) is 0 Å². The Labute approximate surface area is 104 Å². The van der Waals surface area contributed by atoms with Crippen LogP contribution in [0.4, 0.5) is 13.2 Å². The van der Waals surface area contributed by atoms with Crippen molar-refractivity contribution in [3.63, 3.8) is 0 Å². The van der Waals surface area contributed by atoms with E-state index in [-0.39, 0.29) is 11.8 Å². The minimum Gasteiger partial charge on any atom is -0.480 e. The highest BCUT2D eigenvalue weighted by molar-refractivity contribution is 5.80. The molecule has 0 radical (unpaired) electrons. The minimum absolute atomic E-state index is 0.150. The molecule has 3 nitrogen and oxygen atoms in total. The van der Waals surface area contributed by atoms with E-state index in [2.05, 4.69) is 5.32 Å². The molecule has 0 amide bonds. The molecule has 0 heterocycles. The van der Waals surface area contributed by atoms with E-state index in [1.165, 1.54) is 0 Å². The summed E-state index contributed by atoms with van der Waals surface area (Å²) in [5.74, 6) is -1.41. The zero-order valence-electron chi connectivity index (χ0n) is 10.1. The molecule has 2 fully saturated rings. The number of halogens is 3. The number of rotatable bonds is 5. The Bertz CT molecular complexity index is 308. The maximum Gasteiger partial charge on any atom is 0.401 e. The Hall–Kier alpha value is -0.780. The van der Waals surface area contributed by atoms with Crippen LogP contribution in [0.25, 0.3) is 0 Å². The van der Waals surface area contributed by atoms with Crippen molar-refractivity contribution in [3.8, 4) is 0 Å². The van der Waals surface area contributed by atoms with Crippen LogP contribution >= 0.6 is 0 Å². The van der Waals surface area contributed by atoms with E-state index in [0.29, 0.717) is 25.7 Å². The third kappa shape index (κ3) is 2.35. The van der Waals surface area contributed by atoms with Crippen molar-refractivity contribution in [2.24, 2.45) is 11.8 Å². The topological polar surface area (TPSA) is 49.3 Å². The lowest BCUT2D eigenvalue weighted by Crippen LogP contribution is -2.66. The van der Waals surface area contributed by atoms with Gasteiger partial charge in [0.1, 0.15) is 5.54 Å². The summed E-state index contributed by atoms with van der Waals surface area (Å²) in [4.78, 5) is 11.6. The fourth-order valence-electron chi connectivity index (χ4n) is 3.02. The van der Waals surface area contributed by atoms with Crippen LogP contribution in [0, 0.1) is 11.8 Å². The normalized spacial score (nSPS) is 22.4. The first kappa shape index (κ1) is 13.6. The van der Waals surface area contributed by atoms with Gasteiger partial charge in [0.15, 0.2) is 0 Å². The lowest BCUT2D eigenvalue weighted by atomic mass is 9.59. The molecule has 6 heteroatoms. The van der Waals surface area contributed by atoms with E-state index >= 15 is 0 Å². The monoisotopic (exact) mass is 265 g/mol. The number of carbonyl (C=O) groups is 1. The second-order valence-electron chi connectivity index (χ2n) is 5.40. The third-order valence-electron chi connectivity index (χ3n) is 4.43. The molecule has 2 rings (SSSR count). The van der Waals surface area contributed by atoms with Gasteiger partial charge < -0.3 is 5.11 Å². The predicted molar refractivity (Wildman–Crippen MR) is 59.1 cm³/mol. The molecule has 0 aromatic carbocycles. The van der Waals surface area contributed by atoms with Crippen LogP contribution in [-0.2, 0) is 4.79 Å². The van der Waals surface area contributed by atoms with Gasteiger partial charge in [0.25, 0.3) is 0 Å². The molecule has 0 bridgehead atoms. The van der Waals surface area contributed by atoms with E-state index in [1.54, 1.807) is 0 Å². The van der Waals surface area contributed by atoms with E-state index in [0.717, 1.165) is 12.8 Å². The summed E-state index contributed by atoms with van der Waals surface area (Å²) in [5, 5.41) is 11.8. The van der Waals surface area contributed by atoms with Crippen LogP contribution in [0.2, 0.25) is 0 Å². The molecule has 2 saturated carbocycles. The van der Waals surface area contributed by atoms with Gasteiger partial charge in [-0.3, -0.25) is 10.1 Å². The lowest BCUT2D eigenvalue weighted by molar-refractivity contribution is -0.163. The Morgan fingerprint density at radius 3 is 1.78 bits per heavy atom. The van der Waals surface area contributed by atoms with Crippen LogP contribution in [0.15, 0.2) is 0 Å². The van der Waals surface area contributed by atoms with Crippen molar-refractivity contribution in [1.82, 2.24) is 5.32 Å². The molecule has 0 aromatic heterocycles. The van der Waals surface area contributed by atoms with Crippen LogP contribution in [0.5, 0.6) is 0 Å². The van der Waals surface area contributed by atoms with Crippen molar-refractivity contribution in [2.45, 2.75) is 50.2 Å². The Morgan fingerprint density at radius 2 is 1.56 bits per heavy atom.